The normalized spacial score (nSPS) is 16.3. The number of hydrogen-bond donors (Lipinski definition) is 3. The minimum Gasteiger partial charge on any atom is -0.481 e. The summed E-state index contributed by atoms with van der Waals surface area (Å²) in [5.74, 6) is -2.33. The van der Waals surface area contributed by atoms with Crippen molar-refractivity contribution in [2.24, 2.45) is 5.92 Å². The zero-order valence-corrected chi connectivity index (χ0v) is 16.3. The molecule has 1 fully saturated rings. The topological polar surface area (TPSA) is 91.3 Å². The van der Waals surface area contributed by atoms with Crippen molar-refractivity contribution in [1.29, 1.82) is 0 Å². The lowest BCUT2D eigenvalue weighted by Gasteiger charge is -2.24. The Morgan fingerprint density at radius 2 is 2.12 bits per heavy atom. The number of amides is 1. The number of carboxylic acid groups (broad SMARTS) is 1. The third-order valence-corrected chi connectivity index (χ3v) is 6.85. The Bertz CT molecular complexity index is 787. The van der Waals surface area contributed by atoms with Gasteiger partial charge in [0.15, 0.2) is 4.34 Å². The molecular weight excluding hydrogens is 370 g/mol. The number of hydrogen-bond acceptors (Lipinski definition) is 6. The van der Waals surface area contributed by atoms with E-state index in [4.69, 9.17) is 0 Å². The lowest BCUT2D eigenvalue weighted by molar-refractivity contribution is -0.146. The number of carboxylic acids is 1. The van der Waals surface area contributed by atoms with Crippen molar-refractivity contribution in [3.8, 4) is 0 Å². The molecule has 1 aromatic heterocycles. The van der Waals surface area contributed by atoms with Crippen LogP contribution in [0, 0.1) is 5.92 Å². The standard InChI is InChI=1S/C18H23N3O3S2/c1-19-12-7-8-14-15(9-12)26-18(21-14)25-10-13(17(23)24)16(22)20-11-5-3-2-4-6-11/h7-9,11,13,19H,2-6,10H2,1H3,(H,20,22)(H,23,24). The third-order valence-electron chi connectivity index (χ3n) is 4.60. The van der Waals surface area contributed by atoms with E-state index in [0.29, 0.717) is 0 Å². The molecule has 1 unspecified atom stereocenters. The van der Waals surface area contributed by atoms with Crippen molar-refractivity contribution in [1.82, 2.24) is 10.3 Å². The highest BCUT2D eigenvalue weighted by atomic mass is 32.2. The number of fused-ring (bicyclic) bond motifs is 1. The van der Waals surface area contributed by atoms with Crippen LogP contribution in [0.3, 0.4) is 0 Å². The number of anilines is 1. The maximum absolute atomic E-state index is 12.4. The van der Waals surface area contributed by atoms with E-state index in [1.54, 1.807) is 0 Å². The summed E-state index contributed by atoms with van der Waals surface area (Å²) >= 11 is 2.85. The number of thiazole rings is 1. The fourth-order valence-electron chi connectivity index (χ4n) is 3.08. The summed E-state index contributed by atoms with van der Waals surface area (Å²) in [6.07, 6.45) is 5.26. The molecule has 1 aliphatic carbocycles. The molecule has 1 atom stereocenters. The molecule has 0 radical (unpaired) electrons. The maximum atomic E-state index is 12.4. The molecule has 1 heterocycles. The van der Waals surface area contributed by atoms with Gasteiger partial charge in [0, 0.05) is 24.5 Å². The molecule has 3 N–H and O–H groups in total. The number of aliphatic carboxylic acids is 1. The molecule has 140 valence electrons. The summed E-state index contributed by atoms with van der Waals surface area (Å²) in [7, 11) is 1.86. The molecule has 6 nitrogen and oxygen atoms in total. The van der Waals surface area contributed by atoms with E-state index < -0.39 is 11.9 Å². The Labute approximate surface area is 160 Å². The average Bonchev–Trinajstić information content (AvgIpc) is 3.04. The first-order chi connectivity index (χ1) is 12.6. The highest BCUT2D eigenvalue weighted by molar-refractivity contribution is 8.01. The lowest BCUT2D eigenvalue weighted by atomic mass is 9.95. The molecule has 1 amide bonds. The van der Waals surface area contributed by atoms with Gasteiger partial charge in [-0.3, -0.25) is 9.59 Å². The Kier molecular flexibility index (Phi) is 6.37. The van der Waals surface area contributed by atoms with Gasteiger partial charge in [0.25, 0.3) is 0 Å². The Balaban J connectivity index is 1.62. The Hall–Kier alpha value is -1.80. The fraction of sp³-hybridized carbons (Fsp3) is 0.500. The first-order valence-electron chi connectivity index (χ1n) is 8.81. The van der Waals surface area contributed by atoms with Crippen LogP contribution >= 0.6 is 23.1 Å². The van der Waals surface area contributed by atoms with Gasteiger partial charge in [-0.15, -0.1) is 11.3 Å². The number of carbonyl (C=O) groups is 2. The van der Waals surface area contributed by atoms with Gasteiger partial charge in [-0.1, -0.05) is 31.0 Å². The van der Waals surface area contributed by atoms with E-state index in [9.17, 15) is 14.7 Å². The monoisotopic (exact) mass is 393 g/mol. The SMILES string of the molecule is CNc1ccc2nc(SCC(C(=O)O)C(=O)NC3CCCCC3)sc2c1. The molecule has 0 bridgehead atoms. The number of thioether (sulfide) groups is 1. The second-order valence-corrected chi connectivity index (χ2v) is 8.76. The van der Waals surface area contributed by atoms with E-state index in [2.05, 4.69) is 15.6 Å². The van der Waals surface area contributed by atoms with Crippen molar-refractivity contribution >= 4 is 50.9 Å². The summed E-state index contributed by atoms with van der Waals surface area (Å²) in [5.41, 5.74) is 1.89. The number of rotatable bonds is 7. The van der Waals surface area contributed by atoms with Crippen LogP contribution in [0.2, 0.25) is 0 Å². The van der Waals surface area contributed by atoms with E-state index in [1.807, 2.05) is 25.2 Å². The second-order valence-electron chi connectivity index (χ2n) is 6.46. The maximum Gasteiger partial charge on any atom is 0.316 e. The number of aromatic nitrogens is 1. The molecule has 2 aromatic rings. The molecule has 1 aromatic carbocycles. The molecule has 0 spiro atoms. The quantitative estimate of drug-likeness (QED) is 0.492. The number of carbonyl (C=O) groups excluding carboxylic acids is 1. The van der Waals surface area contributed by atoms with Crippen molar-refractivity contribution in [3.05, 3.63) is 18.2 Å². The van der Waals surface area contributed by atoms with E-state index in [1.165, 1.54) is 29.5 Å². The van der Waals surface area contributed by atoms with E-state index in [-0.39, 0.29) is 17.7 Å². The second kappa shape index (κ2) is 8.73. The molecule has 3 rings (SSSR count). The summed E-state index contributed by atoms with van der Waals surface area (Å²) < 4.78 is 1.82. The highest BCUT2D eigenvalue weighted by Gasteiger charge is 2.29. The minimum atomic E-state index is -1.08. The smallest absolute Gasteiger partial charge is 0.316 e. The predicted molar refractivity (Wildman–Crippen MR) is 106 cm³/mol. The molecule has 0 saturated heterocycles. The molecular formula is C18H23N3O3S2. The van der Waals surface area contributed by atoms with E-state index in [0.717, 1.165) is 45.9 Å². The van der Waals surface area contributed by atoms with Crippen LogP contribution in [0.5, 0.6) is 0 Å². The van der Waals surface area contributed by atoms with Crippen LogP contribution in [0.15, 0.2) is 22.5 Å². The van der Waals surface area contributed by atoms with Gasteiger partial charge in [-0.25, -0.2) is 4.98 Å². The molecule has 26 heavy (non-hydrogen) atoms. The summed E-state index contributed by atoms with van der Waals surface area (Å²) in [4.78, 5) is 28.5. The Morgan fingerprint density at radius 1 is 1.35 bits per heavy atom. The first-order valence-corrected chi connectivity index (χ1v) is 10.6. The van der Waals surface area contributed by atoms with Gasteiger partial charge >= 0.3 is 5.97 Å². The van der Waals surface area contributed by atoms with Crippen LogP contribution in [0.25, 0.3) is 10.2 Å². The molecule has 8 heteroatoms. The van der Waals surface area contributed by atoms with Crippen LogP contribution < -0.4 is 10.6 Å². The largest absolute Gasteiger partial charge is 0.481 e. The highest BCUT2D eigenvalue weighted by Crippen LogP contribution is 2.32. The fourth-order valence-corrected chi connectivity index (χ4v) is 5.29. The van der Waals surface area contributed by atoms with Crippen molar-refractivity contribution < 1.29 is 14.7 Å². The van der Waals surface area contributed by atoms with Crippen LogP contribution in [-0.4, -0.2) is 40.8 Å². The number of benzene rings is 1. The Morgan fingerprint density at radius 3 is 2.81 bits per heavy atom. The number of nitrogens with zero attached hydrogens (tertiary/aromatic N) is 1. The average molecular weight is 394 g/mol. The molecule has 1 aliphatic rings. The van der Waals surface area contributed by atoms with E-state index >= 15 is 0 Å². The summed E-state index contributed by atoms with van der Waals surface area (Å²) in [6, 6.07) is 6.02. The van der Waals surface area contributed by atoms with Crippen molar-refractivity contribution in [2.45, 2.75) is 42.5 Å². The number of nitrogens with one attached hydrogen (secondary N) is 2. The third kappa shape index (κ3) is 4.67. The van der Waals surface area contributed by atoms with Gasteiger partial charge in [0.2, 0.25) is 5.91 Å². The van der Waals surface area contributed by atoms with Crippen LogP contribution in [0.4, 0.5) is 5.69 Å². The van der Waals surface area contributed by atoms with Gasteiger partial charge < -0.3 is 15.7 Å². The van der Waals surface area contributed by atoms with Gasteiger partial charge in [0.05, 0.1) is 10.2 Å². The predicted octanol–water partition coefficient (Wildman–Crippen LogP) is 3.58. The van der Waals surface area contributed by atoms with Gasteiger partial charge in [-0.2, -0.15) is 0 Å². The van der Waals surface area contributed by atoms with Crippen molar-refractivity contribution in [3.63, 3.8) is 0 Å². The van der Waals surface area contributed by atoms with Crippen molar-refractivity contribution in [2.75, 3.05) is 18.1 Å². The van der Waals surface area contributed by atoms with Gasteiger partial charge in [-0.05, 0) is 31.0 Å². The van der Waals surface area contributed by atoms with Crippen LogP contribution in [-0.2, 0) is 9.59 Å². The lowest BCUT2D eigenvalue weighted by Crippen LogP contribution is -2.43. The first kappa shape index (κ1) is 19.0. The zero-order chi connectivity index (χ0) is 18.5. The zero-order valence-electron chi connectivity index (χ0n) is 14.7. The molecule has 1 saturated carbocycles. The minimum absolute atomic E-state index is 0.116. The summed E-state index contributed by atoms with van der Waals surface area (Å²) in [6.45, 7) is 0. The molecule has 0 aliphatic heterocycles. The van der Waals surface area contributed by atoms with Gasteiger partial charge in [0.1, 0.15) is 5.92 Å². The van der Waals surface area contributed by atoms with Crippen LogP contribution in [0.1, 0.15) is 32.1 Å². The summed E-state index contributed by atoms with van der Waals surface area (Å²) in [5, 5.41) is 15.5.